The molecule has 1 heterocycles. The molecule has 0 fully saturated rings. The van der Waals surface area contributed by atoms with E-state index in [0.717, 1.165) is 23.3 Å². The fourth-order valence-electron chi connectivity index (χ4n) is 1.73. The molecular formula is C13H13N3O. The van der Waals surface area contributed by atoms with Crippen molar-refractivity contribution >= 4 is 0 Å². The van der Waals surface area contributed by atoms with Gasteiger partial charge in [-0.3, -0.25) is 0 Å². The molecule has 86 valence electrons. The second-order valence-electron chi connectivity index (χ2n) is 3.64. The van der Waals surface area contributed by atoms with Crippen molar-refractivity contribution in [1.29, 1.82) is 5.26 Å². The van der Waals surface area contributed by atoms with Crippen molar-refractivity contribution in [2.75, 3.05) is 7.11 Å². The van der Waals surface area contributed by atoms with Crippen LogP contribution in [0.15, 0.2) is 24.4 Å². The molecule has 0 aliphatic carbocycles. The molecule has 0 radical (unpaired) electrons. The molecule has 0 saturated carbocycles. The summed E-state index contributed by atoms with van der Waals surface area (Å²) in [5.74, 6) is 1.59. The predicted molar refractivity (Wildman–Crippen MR) is 64.7 cm³/mol. The van der Waals surface area contributed by atoms with E-state index in [1.807, 2.05) is 24.3 Å². The molecule has 4 heteroatoms. The Morgan fingerprint density at radius 2 is 2.29 bits per heavy atom. The zero-order chi connectivity index (χ0) is 12.3. The number of hydrogen-bond acceptors (Lipinski definition) is 3. The van der Waals surface area contributed by atoms with Gasteiger partial charge in [0.05, 0.1) is 13.3 Å². The average Bonchev–Trinajstić information content (AvgIpc) is 2.86. The van der Waals surface area contributed by atoms with Gasteiger partial charge in [0.15, 0.2) is 0 Å². The predicted octanol–water partition coefficient (Wildman–Crippen LogP) is 2.52. The molecule has 0 atom stereocenters. The minimum Gasteiger partial charge on any atom is -0.496 e. The number of hydrogen-bond donors (Lipinski definition) is 1. The van der Waals surface area contributed by atoms with Crippen molar-refractivity contribution in [3.63, 3.8) is 0 Å². The normalized spacial score (nSPS) is 9.94. The van der Waals surface area contributed by atoms with Gasteiger partial charge in [-0.2, -0.15) is 5.26 Å². The second-order valence-corrected chi connectivity index (χ2v) is 3.64. The number of methoxy groups -OCH3 is 1. The minimum absolute atomic E-state index is 0.467. The molecule has 0 saturated heterocycles. The first kappa shape index (κ1) is 11.2. The van der Waals surface area contributed by atoms with Gasteiger partial charge in [-0.1, -0.05) is 6.92 Å². The van der Waals surface area contributed by atoms with Crippen LogP contribution in [-0.2, 0) is 6.42 Å². The van der Waals surface area contributed by atoms with Gasteiger partial charge < -0.3 is 9.72 Å². The fourth-order valence-corrected chi connectivity index (χ4v) is 1.73. The number of aromatic nitrogens is 2. The van der Waals surface area contributed by atoms with Crippen LogP contribution in [0.1, 0.15) is 18.2 Å². The summed E-state index contributed by atoms with van der Waals surface area (Å²) in [6, 6.07) is 7.90. The fraction of sp³-hybridized carbons (Fsp3) is 0.231. The summed E-state index contributed by atoms with van der Waals surface area (Å²) in [5, 5.41) is 8.74. The number of aromatic amines is 1. The maximum absolute atomic E-state index is 8.74. The molecule has 2 rings (SSSR count). The summed E-state index contributed by atoms with van der Waals surface area (Å²) in [6.07, 6.45) is 2.42. The summed E-state index contributed by atoms with van der Waals surface area (Å²) in [4.78, 5) is 7.12. The van der Waals surface area contributed by atoms with Crippen LogP contribution in [0.3, 0.4) is 0 Å². The van der Waals surface area contributed by atoms with Gasteiger partial charge in [0.2, 0.25) is 0 Å². The van der Waals surface area contributed by atoms with Crippen LogP contribution >= 0.6 is 0 Å². The Bertz CT molecular complexity index is 566. The van der Waals surface area contributed by atoms with Gasteiger partial charge in [0.1, 0.15) is 23.3 Å². The second kappa shape index (κ2) is 4.71. The summed E-state index contributed by atoms with van der Waals surface area (Å²) >= 11 is 0. The molecule has 0 aliphatic heterocycles. The molecule has 1 aromatic carbocycles. The SMILES string of the molecule is CCc1cc(-c2ncc(C#N)[nH]2)ccc1OC. The monoisotopic (exact) mass is 227 g/mol. The summed E-state index contributed by atoms with van der Waals surface area (Å²) < 4.78 is 5.27. The third-order valence-corrected chi connectivity index (χ3v) is 2.63. The summed E-state index contributed by atoms with van der Waals surface area (Å²) in [6.45, 7) is 2.07. The minimum atomic E-state index is 0.467. The highest BCUT2D eigenvalue weighted by Crippen LogP contribution is 2.25. The van der Waals surface area contributed by atoms with Crippen LogP contribution in [0.2, 0.25) is 0 Å². The molecule has 0 bridgehead atoms. The van der Waals surface area contributed by atoms with Crippen molar-refractivity contribution in [2.45, 2.75) is 13.3 Å². The van der Waals surface area contributed by atoms with E-state index in [1.54, 1.807) is 7.11 Å². The van der Waals surface area contributed by atoms with Crippen molar-refractivity contribution in [3.05, 3.63) is 35.7 Å². The summed E-state index contributed by atoms with van der Waals surface area (Å²) in [7, 11) is 1.66. The van der Waals surface area contributed by atoms with E-state index in [1.165, 1.54) is 6.20 Å². The largest absolute Gasteiger partial charge is 0.496 e. The van der Waals surface area contributed by atoms with Crippen LogP contribution in [0.4, 0.5) is 0 Å². The van der Waals surface area contributed by atoms with Gasteiger partial charge in [-0.15, -0.1) is 0 Å². The number of benzene rings is 1. The zero-order valence-corrected chi connectivity index (χ0v) is 9.82. The molecule has 0 amide bonds. The zero-order valence-electron chi connectivity index (χ0n) is 9.82. The Hall–Kier alpha value is -2.28. The highest BCUT2D eigenvalue weighted by Gasteiger charge is 2.07. The maximum atomic E-state index is 8.74. The lowest BCUT2D eigenvalue weighted by molar-refractivity contribution is 0.410. The number of nitriles is 1. The lowest BCUT2D eigenvalue weighted by atomic mass is 10.1. The quantitative estimate of drug-likeness (QED) is 0.876. The Kier molecular flexibility index (Phi) is 3.10. The van der Waals surface area contributed by atoms with E-state index in [-0.39, 0.29) is 0 Å². The van der Waals surface area contributed by atoms with Crippen LogP contribution < -0.4 is 4.74 Å². The number of nitrogens with one attached hydrogen (secondary N) is 1. The Morgan fingerprint density at radius 1 is 1.47 bits per heavy atom. The molecule has 0 unspecified atom stereocenters. The number of imidazole rings is 1. The average molecular weight is 227 g/mol. The van der Waals surface area contributed by atoms with Crippen molar-refractivity contribution in [2.24, 2.45) is 0 Å². The molecule has 2 aromatic rings. The Labute approximate surface area is 99.9 Å². The first-order chi connectivity index (χ1) is 8.28. The third-order valence-electron chi connectivity index (χ3n) is 2.63. The number of ether oxygens (including phenoxy) is 1. The van der Waals surface area contributed by atoms with Gasteiger partial charge in [0, 0.05) is 5.56 Å². The highest BCUT2D eigenvalue weighted by atomic mass is 16.5. The number of rotatable bonds is 3. The molecule has 1 N–H and O–H groups in total. The number of H-pyrrole nitrogens is 1. The first-order valence-electron chi connectivity index (χ1n) is 5.41. The molecular weight excluding hydrogens is 214 g/mol. The van der Waals surface area contributed by atoms with Gasteiger partial charge in [0.25, 0.3) is 0 Å². The van der Waals surface area contributed by atoms with E-state index in [0.29, 0.717) is 11.5 Å². The van der Waals surface area contributed by atoms with Gasteiger partial charge in [-0.05, 0) is 30.2 Å². The van der Waals surface area contributed by atoms with Gasteiger partial charge >= 0.3 is 0 Å². The van der Waals surface area contributed by atoms with Gasteiger partial charge in [-0.25, -0.2) is 4.98 Å². The smallest absolute Gasteiger partial charge is 0.138 e. The third kappa shape index (κ3) is 2.13. The van der Waals surface area contributed by atoms with E-state index in [4.69, 9.17) is 10.00 Å². The Balaban J connectivity index is 2.43. The van der Waals surface area contributed by atoms with Crippen LogP contribution in [0, 0.1) is 11.3 Å². The molecule has 4 nitrogen and oxygen atoms in total. The van der Waals surface area contributed by atoms with Crippen molar-refractivity contribution in [1.82, 2.24) is 9.97 Å². The van der Waals surface area contributed by atoms with Crippen LogP contribution in [-0.4, -0.2) is 17.1 Å². The van der Waals surface area contributed by atoms with Crippen molar-refractivity contribution < 1.29 is 4.74 Å². The van der Waals surface area contributed by atoms with E-state index >= 15 is 0 Å². The molecule has 1 aromatic heterocycles. The van der Waals surface area contributed by atoms with Crippen LogP contribution in [0.5, 0.6) is 5.75 Å². The molecule has 0 spiro atoms. The van der Waals surface area contributed by atoms with E-state index in [9.17, 15) is 0 Å². The van der Waals surface area contributed by atoms with Crippen LogP contribution in [0.25, 0.3) is 11.4 Å². The maximum Gasteiger partial charge on any atom is 0.138 e. The highest BCUT2D eigenvalue weighted by molar-refractivity contribution is 5.59. The lowest BCUT2D eigenvalue weighted by Crippen LogP contribution is -1.91. The van der Waals surface area contributed by atoms with Crippen molar-refractivity contribution in [3.8, 4) is 23.2 Å². The topological polar surface area (TPSA) is 61.7 Å². The number of nitrogens with zero attached hydrogens (tertiary/aromatic N) is 2. The van der Waals surface area contributed by atoms with E-state index < -0.39 is 0 Å². The van der Waals surface area contributed by atoms with E-state index in [2.05, 4.69) is 16.9 Å². The standard InChI is InChI=1S/C13H13N3O/c1-3-9-6-10(4-5-12(9)17-2)13-15-8-11(7-14)16-13/h4-6,8H,3H2,1-2H3,(H,15,16). The lowest BCUT2D eigenvalue weighted by Gasteiger charge is -2.07. The summed E-state index contributed by atoms with van der Waals surface area (Å²) in [5.41, 5.74) is 2.55. The molecule has 17 heavy (non-hydrogen) atoms. The number of aryl methyl sites for hydroxylation is 1. The molecule has 0 aliphatic rings. The first-order valence-corrected chi connectivity index (χ1v) is 5.41. The Morgan fingerprint density at radius 3 is 2.88 bits per heavy atom.